The number of carbonyl (C=O) groups is 1. The number of aldehydes is 1. The van der Waals surface area contributed by atoms with Gasteiger partial charge in [0.05, 0.1) is 5.56 Å². The Hall–Kier alpha value is -1.93. The van der Waals surface area contributed by atoms with E-state index in [2.05, 4.69) is 19.9 Å². The molecule has 0 amide bonds. The van der Waals surface area contributed by atoms with Crippen LogP contribution in [-0.4, -0.2) is 26.2 Å². The number of rotatable bonds is 3. The van der Waals surface area contributed by atoms with Crippen LogP contribution in [-0.2, 0) is 0 Å². The molecule has 0 aliphatic rings. The van der Waals surface area contributed by atoms with Crippen LogP contribution in [0, 0.1) is 0 Å². The van der Waals surface area contributed by atoms with Crippen LogP contribution in [0.1, 0.15) is 10.4 Å². The summed E-state index contributed by atoms with van der Waals surface area (Å²) < 4.78 is 0. The van der Waals surface area contributed by atoms with E-state index < -0.39 is 0 Å². The van der Waals surface area contributed by atoms with E-state index in [0.29, 0.717) is 11.3 Å². The van der Waals surface area contributed by atoms with Crippen LogP contribution in [0.15, 0.2) is 22.6 Å². The second-order valence-electron chi connectivity index (χ2n) is 3.10. The van der Waals surface area contributed by atoms with E-state index in [0.717, 1.165) is 11.8 Å². The van der Waals surface area contributed by atoms with E-state index in [1.165, 1.54) is 12.4 Å². The molecule has 0 bridgehead atoms. The minimum atomic E-state index is 0.0689. The molecule has 0 saturated heterocycles. The summed E-state index contributed by atoms with van der Waals surface area (Å²) in [6.45, 7) is 0. The van der Waals surface area contributed by atoms with E-state index in [9.17, 15) is 4.79 Å². The van der Waals surface area contributed by atoms with Crippen molar-refractivity contribution in [1.29, 1.82) is 0 Å². The van der Waals surface area contributed by atoms with Crippen molar-refractivity contribution in [2.75, 3.05) is 11.5 Å². The zero-order valence-corrected chi connectivity index (χ0v) is 10.4. The topological polar surface area (TPSA) is 121 Å². The number of halogens is 1. The Morgan fingerprint density at radius 1 is 1.22 bits per heavy atom. The highest BCUT2D eigenvalue weighted by Crippen LogP contribution is 2.28. The SMILES string of the molecule is Nc1cc(N)nc(Sc2ncnc(Cl)c2C=O)n1. The molecule has 0 aromatic carbocycles. The molecule has 2 aromatic heterocycles. The summed E-state index contributed by atoms with van der Waals surface area (Å²) in [5.41, 5.74) is 11.3. The molecule has 4 N–H and O–H groups in total. The lowest BCUT2D eigenvalue weighted by Crippen LogP contribution is -2.00. The maximum atomic E-state index is 10.9. The van der Waals surface area contributed by atoms with Crippen LogP contribution in [0.25, 0.3) is 0 Å². The average molecular weight is 283 g/mol. The Morgan fingerprint density at radius 3 is 2.50 bits per heavy atom. The number of nitrogen functional groups attached to an aromatic ring is 2. The summed E-state index contributed by atoms with van der Waals surface area (Å²) >= 11 is 6.80. The van der Waals surface area contributed by atoms with E-state index in [1.807, 2.05) is 0 Å². The van der Waals surface area contributed by atoms with Crippen LogP contribution in [0.3, 0.4) is 0 Å². The van der Waals surface area contributed by atoms with Crippen LogP contribution in [0.4, 0.5) is 11.6 Å². The molecule has 0 unspecified atom stereocenters. The average Bonchev–Trinajstić information content (AvgIpc) is 2.27. The highest BCUT2D eigenvalue weighted by atomic mass is 35.5. The van der Waals surface area contributed by atoms with Gasteiger partial charge in [0.1, 0.15) is 28.1 Å². The highest BCUT2D eigenvalue weighted by molar-refractivity contribution is 7.99. The zero-order chi connectivity index (χ0) is 13.1. The monoisotopic (exact) mass is 282 g/mol. The molecule has 2 aromatic rings. The lowest BCUT2D eigenvalue weighted by molar-refractivity contribution is 0.112. The predicted molar refractivity (Wildman–Crippen MR) is 67.4 cm³/mol. The van der Waals surface area contributed by atoms with Crippen molar-refractivity contribution in [3.63, 3.8) is 0 Å². The molecule has 0 aliphatic carbocycles. The number of nitrogens with two attached hydrogens (primary N) is 2. The van der Waals surface area contributed by atoms with Gasteiger partial charge in [-0.3, -0.25) is 4.79 Å². The Labute approximate surface area is 111 Å². The van der Waals surface area contributed by atoms with Crippen molar-refractivity contribution in [2.24, 2.45) is 0 Å². The molecule has 0 aliphatic heterocycles. The first-order valence-corrected chi connectivity index (χ1v) is 5.83. The van der Waals surface area contributed by atoms with Crippen molar-refractivity contribution in [3.8, 4) is 0 Å². The van der Waals surface area contributed by atoms with Gasteiger partial charge in [0.2, 0.25) is 0 Å². The van der Waals surface area contributed by atoms with Gasteiger partial charge in [-0.25, -0.2) is 19.9 Å². The lowest BCUT2D eigenvalue weighted by atomic mass is 10.4. The molecule has 0 atom stereocenters. The number of anilines is 2. The Balaban J connectivity index is 2.39. The molecule has 18 heavy (non-hydrogen) atoms. The van der Waals surface area contributed by atoms with Gasteiger partial charge < -0.3 is 11.5 Å². The number of aromatic nitrogens is 4. The summed E-state index contributed by atoms with van der Waals surface area (Å²) in [7, 11) is 0. The van der Waals surface area contributed by atoms with Crippen LogP contribution >= 0.6 is 23.4 Å². The molecule has 7 nitrogen and oxygen atoms in total. The van der Waals surface area contributed by atoms with Gasteiger partial charge in [-0.1, -0.05) is 11.6 Å². The van der Waals surface area contributed by atoms with Gasteiger partial charge in [0.15, 0.2) is 11.4 Å². The van der Waals surface area contributed by atoms with E-state index >= 15 is 0 Å². The van der Waals surface area contributed by atoms with E-state index in [-0.39, 0.29) is 27.5 Å². The van der Waals surface area contributed by atoms with Crippen molar-refractivity contribution < 1.29 is 4.79 Å². The summed E-state index contributed by atoms with van der Waals surface area (Å²) in [5.74, 6) is 0.468. The van der Waals surface area contributed by atoms with Gasteiger partial charge in [0, 0.05) is 6.07 Å². The summed E-state index contributed by atoms with van der Waals surface area (Å²) in [5, 5.41) is 0.694. The fraction of sp³-hybridized carbons (Fsp3) is 0. The third-order valence-corrected chi connectivity index (χ3v) is 3.03. The standard InChI is InChI=1S/C9H7ClN6OS/c10-7-4(2-17)8(14-3-13-7)18-9-15-5(11)1-6(12)16-9/h1-3H,(H4,11,12,15,16). The Bertz CT molecular complexity index is 587. The third kappa shape index (κ3) is 2.66. The Kier molecular flexibility index (Phi) is 3.58. The lowest BCUT2D eigenvalue weighted by Gasteiger charge is -2.04. The molecular weight excluding hydrogens is 276 g/mol. The predicted octanol–water partition coefficient (Wildman–Crippen LogP) is 1.05. The number of hydrogen-bond acceptors (Lipinski definition) is 8. The fourth-order valence-corrected chi connectivity index (χ4v) is 2.20. The fourth-order valence-electron chi connectivity index (χ4n) is 1.13. The summed E-state index contributed by atoms with van der Waals surface area (Å²) in [6, 6.07) is 1.43. The molecule has 2 heterocycles. The minimum Gasteiger partial charge on any atom is -0.383 e. The number of carbonyl (C=O) groups excluding carboxylic acids is 1. The summed E-state index contributed by atoms with van der Waals surface area (Å²) in [4.78, 5) is 26.5. The smallest absolute Gasteiger partial charge is 0.197 e. The van der Waals surface area contributed by atoms with Gasteiger partial charge in [-0.15, -0.1) is 0 Å². The molecular formula is C9H7ClN6OS. The first-order valence-electron chi connectivity index (χ1n) is 4.63. The molecule has 0 fully saturated rings. The second kappa shape index (κ2) is 5.15. The molecule has 0 spiro atoms. The quantitative estimate of drug-likeness (QED) is 0.487. The second-order valence-corrected chi connectivity index (χ2v) is 4.42. The minimum absolute atomic E-state index is 0.0689. The largest absolute Gasteiger partial charge is 0.383 e. The number of nitrogens with zero attached hydrogens (tertiary/aromatic N) is 4. The van der Waals surface area contributed by atoms with Crippen molar-refractivity contribution in [2.45, 2.75) is 10.2 Å². The summed E-state index contributed by atoms with van der Waals surface area (Å²) in [6.07, 6.45) is 1.81. The van der Waals surface area contributed by atoms with E-state index in [4.69, 9.17) is 23.1 Å². The van der Waals surface area contributed by atoms with Gasteiger partial charge in [-0.05, 0) is 11.8 Å². The van der Waals surface area contributed by atoms with Crippen molar-refractivity contribution in [3.05, 3.63) is 23.1 Å². The molecule has 92 valence electrons. The maximum absolute atomic E-state index is 10.9. The molecule has 9 heteroatoms. The highest BCUT2D eigenvalue weighted by Gasteiger charge is 2.12. The number of hydrogen-bond donors (Lipinski definition) is 2. The molecule has 0 saturated carbocycles. The molecule has 0 radical (unpaired) electrons. The van der Waals surface area contributed by atoms with Gasteiger partial charge in [0.25, 0.3) is 0 Å². The first-order chi connectivity index (χ1) is 8.60. The Morgan fingerprint density at radius 2 is 1.89 bits per heavy atom. The van der Waals surface area contributed by atoms with Gasteiger partial charge in [-0.2, -0.15) is 0 Å². The normalized spacial score (nSPS) is 10.3. The van der Waals surface area contributed by atoms with Crippen LogP contribution in [0.5, 0.6) is 0 Å². The maximum Gasteiger partial charge on any atom is 0.197 e. The van der Waals surface area contributed by atoms with Crippen LogP contribution < -0.4 is 11.5 Å². The van der Waals surface area contributed by atoms with Gasteiger partial charge >= 0.3 is 0 Å². The zero-order valence-electron chi connectivity index (χ0n) is 8.87. The molecule has 2 rings (SSSR count). The first kappa shape index (κ1) is 12.5. The van der Waals surface area contributed by atoms with E-state index in [1.54, 1.807) is 0 Å². The third-order valence-electron chi connectivity index (χ3n) is 1.85. The van der Waals surface area contributed by atoms with Crippen LogP contribution in [0.2, 0.25) is 5.15 Å². The van der Waals surface area contributed by atoms with Crippen molar-refractivity contribution in [1.82, 2.24) is 19.9 Å². The van der Waals surface area contributed by atoms with Crippen molar-refractivity contribution >= 4 is 41.3 Å².